The number of benzene rings is 3. The number of aromatic hydroxyl groups is 2. The minimum atomic E-state index is -0.432. The van der Waals surface area contributed by atoms with Crippen molar-refractivity contribution in [3.05, 3.63) is 82.9 Å². The van der Waals surface area contributed by atoms with Crippen LogP contribution in [0.1, 0.15) is 110 Å². The Bertz CT molecular complexity index is 1160. The third-order valence-corrected chi connectivity index (χ3v) is 7.13. The third-order valence-electron chi connectivity index (χ3n) is 7.13. The van der Waals surface area contributed by atoms with Gasteiger partial charge in [-0.1, -0.05) is 83.4 Å². The van der Waals surface area contributed by atoms with E-state index in [1.165, 1.54) is 38.5 Å². The van der Waals surface area contributed by atoms with E-state index in [0.717, 1.165) is 49.7 Å². The molecule has 0 aliphatic heterocycles. The van der Waals surface area contributed by atoms with Crippen LogP contribution < -0.4 is 10.6 Å². The van der Waals surface area contributed by atoms with Gasteiger partial charge in [-0.3, -0.25) is 9.59 Å². The number of carbonyl (C=O) groups is 2. The lowest BCUT2D eigenvalue weighted by molar-refractivity contribution is 0.101. The van der Waals surface area contributed by atoms with Gasteiger partial charge in [-0.2, -0.15) is 0 Å². The molecule has 0 spiro atoms. The summed E-state index contributed by atoms with van der Waals surface area (Å²) in [4.78, 5) is 25.7. The van der Waals surface area contributed by atoms with Gasteiger partial charge in [0.2, 0.25) is 0 Å². The van der Waals surface area contributed by atoms with E-state index in [1.807, 2.05) is 12.1 Å². The molecule has 3 rings (SSSR count). The maximum absolute atomic E-state index is 12.8. The number of nitrogens with one attached hydrogen (secondary N) is 2. The number of hydrogen-bond donors (Lipinski definition) is 4. The van der Waals surface area contributed by atoms with Crippen molar-refractivity contribution in [1.29, 1.82) is 0 Å². The van der Waals surface area contributed by atoms with E-state index >= 15 is 0 Å². The summed E-state index contributed by atoms with van der Waals surface area (Å²) >= 11 is 0. The molecular formula is C34H44N2O4. The number of hydrogen-bond acceptors (Lipinski definition) is 4. The predicted octanol–water partition coefficient (Wildman–Crippen LogP) is 8.63. The predicted molar refractivity (Wildman–Crippen MR) is 163 cm³/mol. The number of unbranched alkanes of at least 4 members (excludes halogenated alkanes) is 8. The summed E-state index contributed by atoms with van der Waals surface area (Å²) in [6.07, 6.45) is 13.5. The second-order valence-electron chi connectivity index (χ2n) is 10.5. The average molecular weight is 545 g/mol. The zero-order chi connectivity index (χ0) is 28.7. The molecule has 3 aromatic rings. The molecule has 0 unspecified atom stereocenters. The standard InChI is InChI=1S/C34H44N2O4/c1-3-5-7-9-11-14-25-18-20-29(31(37)22-25)33(39)35-27-16-13-17-28(24-27)36-34(40)30-21-19-26(23-32(30)38)15-12-10-8-6-4-2/h13,16-24,37-38H,3-12,14-15H2,1-2H3,(H,35,39)(H,36,40). The number of aryl methyl sites for hydroxylation is 2. The maximum Gasteiger partial charge on any atom is 0.259 e. The van der Waals surface area contributed by atoms with Gasteiger partial charge < -0.3 is 20.8 Å². The molecule has 0 radical (unpaired) electrons. The van der Waals surface area contributed by atoms with Gasteiger partial charge in [0.15, 0.2) is 0 Å². The molecule has 0 aromatic heterocycles. The lowest BCUT2D eigenvalue weighted by Gasteiger charge is -2.11. The summed E-state index contributed by atoms with van der Waals surface area (Å²) in [5.74, 6) is -0.961. The van der Waals surface area contributed by atoms with E-state index in [9.17, 15) is 19.8 Å². The van der Waals surface area contributed by atoms with Gasteiger partial charge in [0.1, 0.15) is 11.5 Å². The lowest BCUT2D eigenvalue weighted by atomic mass is 10.0. The van der Waals surface area contributed by atoms with E-state index in [0.29, 0.717) is 11.4 Å². The van der Waals surface area contributed by atoms with Crippen molar-refractivity contribution in [3.8, 4) is 11.5 Å². The summed E-state index contributed by atoms with van der Waals surface area (Å²) in [6, 6.07) is 17.2. The van der Waals surface area contributed by atoms with Crippen molar-refractivity contribution < 1.29 is 19.8 Å². The van der Waals surface area contributed by atoms with Crippen molar-refractivity contribution in [3.63, 3.8) is 0 Å². The van der Waals surface area contributed by atoms with E-state index in [1.54, 1.807) is 48.5 Å². The highest BCUT2D eigenvalue weighted by Crippen LogP contribution is 2.25. The zero-order valence-corrected chi connectivity index (χ0v) is 24.0. The Morgan fingerprint density at radius 2 is 1.00 bits per heavy atom. The van der Waals surface area contributed by atoms with Gasteiger partial charge in [-0.25, -0.2) is 0 Å². The monoisotopic (exact) mass is 544 g/mol. The maximum atomic E-state index is 12.8. The molecule has 40 heavy (non-hydrogen) atoms. The molecule has 0 aliphatic rings. The molecule has 0 fully saturated rings. The minimum absolute atomic E-state index is 0.0482. The number of anilines is 2. The average Bonchev–Trinajstić information content (AvgIpc) is 2.93. The van der Waals surface area contributed by atoms with Gasteiger partial charge in [-0.15, -0.1) is 0 Å². The minimum Gasteiger partial charge on any atom is -0.507 e. The first-order valence-corrected chi connectivity index (χ1v) is 14.8. The Balaban J connectivity index is 1.56. The van der Waals surface area contributed by atoms with Crippen LogP contribution in [0.5, 0.6) is 11.5 Å². The molecule has 6 nitrogen and oxygen atoms in total. The van der Waals surface area contributed by atoms with Crippen LogP contribution in [-0.4, -0.2) is 22.0 Å². The molecular weight excluding hydrogens is 500 g/mol. The molecule has 0 atom stereocenters. The van der Waals surface area contributed by atoms with Gasteiger partial charge >= 0.3 is 0 Å². The Kier molecular flexibility index (Phi) is 12.6. The second-order valence-corrected chi connectivity index (χ2v) is 10.5. The molecule has 0 bridgehead atoms. The molecule has 4 N–H and O–H groups in total. The van der Waals surface area contributed by atoms with Crippen LogP contribution in [0.15, 0.2) is 60.7 Å². The summed E-state index contributed by atoms with van der Waals surface area (Å²) in [7, 11) is 0. The summed E-state index contributed by atoms with van der Waals surface area (Å²) < 4.78 is 0. The highest BCUT2D eigenvalue weighted by atomic mass is 16.3. The van der Waals surface area contributed by atoms with Gasteiger partial charge in [0.25, 0.3) is 11.8 Å². The first-order valence-electron chi connectivity index (χ1n) is 14.8. The topological polar surface area (TPSA) is 98.7 Å². The van der Waals surface area contributed by atoms with Crippen molar-refractivity contribution in [2.45, 2.75) is 90.9 Å². The molecule has 0 heterocycles. The molecule has 3 aromatic carbocycles. The third kappa shape index (κ3) is 9.74. The molecule has 0 saturated carbocycles. The normalized spacial score (nSPS) is 10.8. The highest BCUT2D eigenvalue weighted by molar-refractivity contribution is 6.08. The molecule has 6 heteroatoms. The fourth-order valence-electron chi connectivity index (χ4n) is 4.79. The van der Waals surface area contributed by atoms with Crippen LogP contribution in [0.4, 0.5) is 11.4 Å². The highest BCUT2D eigenvalue weighted by Gasteiger charge is 2.15. The quantitative estimate of drug-likeness (QED) is 0.136. The van der Waals surface area contributed by atoms with Crippen LogP contribution >= 0.6 is 0 Å². The van der Waals surface area contributed by atoms with Crippen LogP contribution in [0, 0.1) is 0 Å². The first-order chi connectivity index (χ1) is 19.4. The summed E-state index contributed by atoms with van der Waals surface area (Å²) in [6.45, 7) is 4.38. The Labute approximate surface area is 238 Å². The summed E-state index contributed by atoms with van der Waals surface area (Å²) in [5, 5.41) is 26.5. The molecule has 0 aliphatic carbocycles. The largest absolute Gasteiger partial charge is 0.507 e. The smallest absolute Gasteiger partial charge is 0.259 e. The number of phenolic OH excluding ortho intramolecular Hbond substituents is 2. The van der Waals surface area contributed by atoms with Crippen LogP contribution in [-0.2, 0) is 12.8 Å². The second kappa shape index (κ2) is 16.3. The molecule has 214 valence electrons. The SMILES string of the molecule is CCCCCCCc1ccc(C(=O)Nc2cccc(NC(=O)c3ccc(CCCCCCC)cc3O)c2)c(O)c1. The fraction of sp³-hybridized carbons (Fsp3) is 0.412. The van der Waals surface area contributed by atoms with Gasteiger partial charge in [0.05, 0.1) is 11.1 Å². The van der Waals surface area contributed by atoms with E-state index in [-0.39, 0.29) is 22.6 Å². The van der Waals surface area contributed by atoms with Crippen molar-refractivity contribution in [2.24, 2.45) is 0 Å². The summed E-state index contributed by atoms with van der Waals surface area (Å²) in [5.41, 5.74) is 3.37. The number of rotatable bonds is 16. The Hall–Kier alpha value is -3.80. The molecule has 2 amide bonds. The fourth-order valence-corrected chi connectivity index (χ4v) is 4.79. The van der Waals surface area contributed by atoms with Crippen molar-refractivity contribution in [2.75, 3.05) is 10.6 Å². The van der Waals surface area contributed by atoms with E-state index < -0.39 is 11.8 Å². The number of amides is 2. The molecule has 0 saturated heterocycles. The first kappa shape index (κ1) is 30.7. The van der Waals surface area contributed by atoms with Gasteiger partial charge in [0, 0.05) is 11.4 Å². The Morgan fingerprint density at radius 3 is 1.40 bits per heavy atom. The van der Waals surface area contributed by atoms with Crippen molar-refractivity contribution in [1.82, 2.24) is 0 Å². The van der Waals surface area contributed by atoms with Crippen molar-refractivity contribution >= 4 is 23.2 Å². The lowest BCUT2D eigenvalue weighted by Crippen LogP contribution is -2.14. The van der Waals surface area contributed by atoms with Crippen LogP contribution in [0.25, 0.3) is 0 Å². The zero-order valence-electron chi connectivity index (χ0n) is 24.0. The Morgan fingerprint density at radius 1 is 0.575 bits per heavy atom. The van der Waals surface area contributed by atoms with Crippen LogP contribution in [0.3, 0.4) is 0 Å². The number of carbonyl (C=O) groups excluding carboxylic acids is 2. The van der Waals surface area contributed by atoms with Gasteiger partial charge in [-0.05, 0) is 79.3 Å². The van der Waals surface area contributed by atoms with E-state index in [2.05, 4.69) is 24.5 Å². The number of phenols is 2. The van der Waals surface area contributed by atoms with Crippen LogP contribution in [0.2, 0.25) is 0 Å². The van der Waals surface area contributed by atoms with E-state index in [4.69, 9.17) is 0 Å².